The third-order valence-corrected chi connectivity index (χ3v) is 4.76. The molecule has 1 amide bonds. The highest BCUT2D eigenvalue weighted by molar-refractivity contribution is 7.12. The molecular weight excluding hydrogens is 318 g/mol. The molecular formula is C16H16ClN3OS. The molecule has 0 unspecified atom stereocenters. The minimum absolute atomic E-state index is 0.0924. The topological polar surface area (TPSA) is 58.7 Å². The first-order chi connectivity index (χ1) is 10.7. The lowest BCUT2D eigenvalue weighted by molar-refractivity contribution is 0.0739. The number of thiophene rings is 1. The van der Waals surface area contributed by atoms with Crippen LogP contribution >= 0.6 is 22.9 Å². The van der Waals surface area contributed by atoms with Crippen molar-refractivity contribution in [2.75, 3.05) is 12.4 Å². The van der Waals surface area contributed by atoms with Gasteiger partial charge in [-0.2, -0.15) is 0 Å². The highest BCUT2D eigenvalue weighted by Crippen LogP contribution is 2.26. The summed E-state index contributed by atoms with van der Waals surface area (Å²) in [6.07, 6.45) is 0.863. The maximum atomic E-state index is 12.5. The molecule has 3 rings (SSSR count). The maximum absolute atomic E-state index is 12.5. The van der Waals surface area contributed by atoms with Crippen LogP contribution in [-0.2, 0) is 13.0 Å². The lowest BCUT2D eigenvalue weighted by atomic mass is 9.99. The minimum atomic E-state index is 0.0924. The van der Waals surface area contributed by atoms with Gasteiger partial charge >= 0.3 is 0 Å². The maximum Gasteiger partial charge on any atom is 0.264 e. The predicted molar refractivity (Wildman–Crippen MR) is 91.2 cm³/mol. The molecule has 0 radical (unpaired) electrons. The molecule has 0 aliphatic carbocycles. The van der Waals surface area contributed by atoms with E-state index in [-0.39, 0.29) is 11.8 Å². The monoisotopic (exact) mass is 333 g/mol. The fourth-order valence-electron chi connectivity index (χ4n) is 2.54. The Morgan fingerprint density at radius 3 is 2.95 bits per heavy atom. The second-order valence-electron chi connectivity index (χ2n) is 5.14. The van der Waals surface area contributed by atoms with Gasteiger partial charge in [0.05, 0.1) is 16.4 Å². The zero-order valence-corrected chi connectivity index (χ0v) is 13.5. The lowest BCUT2D eigenvalue weighted by Gasteiger charge is -2.28. The van der Waals surface area contributed by atoms with E-state index in [1.54, 1.807) is 0 Å². The molecule has 1 aromatic carbocycles. The number of carbonyl (C=O) groups is 1. The number of fused-ring (bicyclic) bond motifs is 1. The molecule has 0 saturated heterocycles. The summed E-state index contributed by atoms with van der Waals surface area (Å²) >= 11 is 7.14. The van der Waals surface area contributed by atoms with Gasteiger partial charge in [-0.1, -0.05) is 12.1 Å². The van der Waals surface area contributed by atoms with Gasteiger partial charge in [-0.05, 0) is 41.1 Å². The average Bonchev–Trinajstić information content (AvgIpc) is 3.07. The SMILES string of the molecule is NC(CCl)=Nc1ccc2c(c1)CN(C(=O)c1cccs1)CC2. The number of amidine groups is 1. The summed E-state index contributed by atoms with van der Waals surface area (Å²) in [7, 11) is 0. The van der Waals surface area contributed by atoms with E-state index in [4.69, 9.17) is 17.3 Å². The molecule has 1 aromatic heterocycles. The van der Waals surface area contributed by atoms with E-state index >= 15 is 0 Å². The summed E-state index contributed by atoms with van der Waals surface area (Å²) < 4.78 is 0. The van der Waals surface area contributed by atoms with Crippen molar-refractivity contribution in [3.63, 3.8) is 0 Å². The van der Waals surface area contributed by atoms with Crippen LogP contribution in [0.3, 0.4) is 0 Å². The minimum Gasteiger partial charge on any atom is -0.386 e. The number of hydrogen-bond acceptors (Lipinski definition) is 3. The van der Waals surface area contributed by atoms with Crippen molar-refractivity contribution in [1.29, 1.82) is 0 Å². The molecule has 22 heavy (non-hydrogen) atoms. The lowest BCUT2D eigenvalue weighted by Crippen LogP contribution is -2.35. The number of benzene rings is 1. The molecule has 0 atom stereocenters. The summed E-state index contributed by atoms with van der Waals surface area (Å²) in [4.78, 5) is 19.4. The van der Waals surface area contributed by atoms with Crippen molar-refractivity contribution in [1.82, 2.24) is 4.90 Å². The average molecular weight is 334 g/mol. The summed E-state index contributed by atoms with van der Waals surface area (Å²) in [5.74, 6) is 0.693. The van der Waals surface area contributed by atoms with E-state index in [0.717, 1.165) is 29.1 Å². The normalized spacial score (nSPS) is 14.8. The van der Waals surface area contributed by atoms with Crippen LogP contribution in [0.2, 0.25) is 0 Å². The number of nitrogens with two attached hydrogens (primary N) is 1. The van der Waals surface area contributed by atoms with Crippen LogP contribution in [0.5, 0.6) is 0 Å². The Kier molecular flexibility index (Phi) is 4.45. The summed E-state index contributed by atoms with van der Waals surface area (Å²) in [5, 5.41) is 1.92. The predicted octanol–water partition coefficient (Wildman–Crippen LogP) is 3.17. The molecule has 2 heterocycles. The quantitative estimate of drug-likeness (QED) is 0.533. The van der Waals surface area contributed by atoms with E-state index in [2.05, 4.69) is 11.1 Å². The number of nitrogens with zero attached hydrogens (tertiary/aromatic N) is 2. The van der Waals surface area contributed by atoms with Gasteiger partial charge in [0.25, 0.3) is 5.91 Å². The van der Waals surface area contributed by atoms with Crippen molar-refractivity contribution >= 4 is 40.4 Å². The Morgan fingerprint density at radius 1 is 1.36 bits per heavy atom. The van der Waals surface area contributed by atoms with Crippen LogP contribution in [0.15, 0.2) is 40.7 Å². The molecule has 114 valence electrons. The van der Waals surface area contributed by atoms with Crippen molar-refractivity contribution in [3.8, 4) is 0 Å². The van der Waals surface area contributed by atoms with Gasteiger partial charge in [-0.3, -0.25) is 4.79 Å². The first-order valence-corrected chi connectivity index (χ1v) is 8.42. The number of carbonyl (C=O) groups excluding carboxylic acids is 1. The van der Waals surface area contributed by atoms with Gasteiger partial charge in [-0.15, -0.1) is 22.9 Å². The molecule has 1 aliphatic heterocycles. The van der Waals surface area contributed by atoms with E-state index in [1.165, 1.54) is 16.9 Å². The molecule has 2 N–H and O–H groups in total. The summed E-state index contributed by atoms with van der Waals surface area (Å²) in [5.41, 5.74) is 8.84. The summed E-state index contributed by atoms with van der Waals surface area (Å²) in [6, 6.07) is 9.75. The first kappa shape index (κ1) is 15.1. The molecule has 0 fully saturated rings. The van der Waals surface area contributed by atoms with Crippen LogP contribution < -0.4 is 5.73 Å². The number of halogens is 1. The van der Waals surface area contributed by atoms with Crippen LogP contribution in [-0.4, -0.2) is 29.1 Å². The van der Waals surface area contributed by atoms with Gasteiger partial charge in [0.15, 0.2) is 0 Å². The van der Waals surface area contributed by atoms with Crippen molar-refractivity contribution in [2.45, 2.75) is 13.0 Å². The molecule has 0 bridgehead atoms. The molecule has 4 nitrogen and oxygen atoms in total. The fraction of sp³-hybridized carbons (Fsp3) is 0.250. The third kappa shape index (κ3) is 3.15. The smallest absolute Gasteiger partial charge is 0.264 e. The van der Waals surface area contributed by atoms with Crippen molar-refractivity contribution in [2.24, 2.45) is 10.7 Å². The largest absolute Gasteiger partial charge is 0.386 e. The molecule has 2 aromatic rings. The number of amides is 1. The number of alkyl halides is 1. The zero-order chi connectivity index (χ0) is 15.5. The van der Waals surface area contributed by atoms with E-state index in [0.29, 0.717) is 12.4 Å². The van der Waals surface area contributed by atoms with Crippen molar-refractivity contribution in [3.05, 3.63) is 51.7 Å². The second kappa shape index (κ2) is 6.50. The van der Waals surface area contributed by atoms with E-state index in [1.807, 2.05) is 34.5 Å². The van der Waals surface area contributed by atoms with E-state index < -0.39 is 0 Å². The van der Waals surface area contributed by atoms with Gasteiger partial charge in [0.1, 0.15) is 5.84 Å². The molecule has 0 saturated carbocycles. The Hall–Kier alpha value is -1.85. The van der Waals surface area contributed by atoms with Crippen LogP contribution in [0.25, 0.3) is 0 Å². The molecule has 0 spiro atoms. The van der Waals surface area contributed by atoms with Crippen LogP contribution in [0, 0.1) is 0 Å². The van der Waals surface area contributed by atoms with Gasteiger partial charge in [-0.25, -0.2) is 4.99 Å². The van der Waals surface area contributed by atoms with Crippen molar-refractivity contribution < 1.29 is 4.79 Å². The fourth-order valence-corrected chi connectivity index (χ4v) is 3.29. The first-order valence-electron chi connectivity index (χ1n) is 7.01. The highest BCUT2D eigenvalue weighted by atomic mass is 35.5. The van der Waals surface area contributed by atoms with Gasteiger partial charge in [0, 0.05) is 13.1 Å². The van der Waals surface area contributed by atoms with Crippen LogP contribution in [0.1, 0.15) is 20.8 Å². The highest BCUT2D eigenvalue weighted by Gasteiger charge is 2.22. The van der Waals surface area contributed by atoms with Crippen LogP contribution in [0.4, 0.5) is 5.69 Å². The van der Waals surface area contributed by atoms with Gasteiger partial charge in [0.2, 0.25) is 0 Å². The third-order valence-electron chi connectivity index (χ3n) is 3.63. The number of aliphatic imine (C=N–C) groups is 1. The van der Waals surface area contributed by atoms with E-state index in [9.17, 15) is 4.79 Å². The number of rotatable bonds is 3. The Bertz CT molecular complexity index is 712. The second-order valence-corrected chi connectivity index (χ2v) is 6.36. The standard InChI is InChI=1S/C16H16ClN3OS/c17-9-15(18)19-13-4-3-11-5-6-20(10-12(11)8-13)16(21)14-2-1-7-22-14/h1-4,7-8H,5-6,9-10H2,(H2,18,19). The summed E-state index contributed by atoms with van der Waals surface area (Å²) in [6.45, 7) is 1.35. The molecule has 1 aliphatic rings. The Morgan fingerprint density at radius 2 is 2.23 bits per heavy atom. The Balaban J connectivity index is 1.82. The molecule has 6 heteroatoms. The number of hydrogen-bond donors (Lipinski definition) is 1. The van der Waals surface area contributed by atoms with Gasteiger partial charge < -0.3 is 10.6 Å². The Labute approximate surface area is 138 Å². The zero-order valence-electron chi connectivity index (χ0n) is 12.0.